The van der Waals surface area contributed by atoms with E-state index in [0.29, 0.717) is 18.4 Å². The van der Waals surface area contributed by atoms with Gasteiger partial charge >= 0.3 is 0 Å². The van der Waals surface area contributed by atoms with Crippen LogP contribution in [0, 0.1) is 0 Å². The Morgan fingerprint density at radius 3 is 2.00 bits per heavy atom. The summed E-state index contributed by atoms with van der Waals surface area (Å²) in [5.74, 6) is 0.0663. The Kier molecular flexibility index (Phi) is 5.34. The highest BCUT2D eigenvalue weighted by Gasteiger charge is 2.21. The number of hydrogen-bond acceptors (Lipinski definition) is 3. The van der Waals surface area contributed by atoms with Gasteiger partial charge in [0.05, 0.1) is 4.88 Å². The minimum atomic E-state index is -0.103. The van der Waals surface area contributed by atoms with E-state index in [4.69, 9.17) is 0 Å². The summed E-state index contributed by atoms with van der Waals surface area (Å²) < 4.78 is 0. The molecule has 120 valence electrons. The number of rotatable bonds is 7. The van der Waals surface area contributed by atoms with E-state index in [-0.39, 0.29) is 17.5 Å². The first-order chi connectivity index (χ1) is 11.7. The van der Waals surface area contributed by atoms with Crippen LogP contribution in [-0.4, -0.2) is 11.6 Å². The maximum atomic E-state index is 12.6. The fourth-order valence-electron chi connectivity index (χ4n) is 2.76. The Balaban J connectivity index is 1.80. The number of carbonyl (C=O) groups is 2. The molecule has 0 radical (unpaired) electrons. The van der Waals surface area contributed by atoms with Crippen molar-refractivity contribution in [1.29, 1.82) is 0 Å². The van der Waals surface area contributed by atoms with Crippen LogP contribution in [0.15, 0.2) is 78.2 Å². The Hall–Kier alpha value is -2.52. The Labute approximate surface area is 145 Å². The van der Waals surface area contributed by atoms with Crippen LogP contribution in [0.3, 0.4) is 0 Å². The third kappa shape index (κ3) is 4.06. The monoisotopic (exact) mass is 334 g/mol. The van der Waals surface area contributed by atoms with Crippen molar-refractivity contribution in [3.05, 3.63) is 94.2 Å². The summed E-state index contributed by atoms with van der Waals surface area (Å²) >= 11 is 1.45. The van der Waals surface area contributed by atoms with Crippen molar-refractivity contribution in [2.45, 2.75) is 18.8 Å². The molecule has 0 fully saturated rings. The summed E-state index contributed by atoms with van der Waals surface area (Å²) in [5, 5.41) is 1.90. The molecule has 24 heavy (non-hydrogen) atoms. The summed E-state index contributed by atoms with van der Waals surface area (Å²) in [5.41, 5.74) is 1.73. The molecule has 2 nitrogen and oxygen atoms in total. The zero-order chi connectivity index (χ0) is 16.8. The second-order valence-electron chi connectivity index (χ2n) is 5.71. The normalized spacial score (nSPS) is 11.8. The number of hydrogen-bond donors (Lipinski definition) is 0. The van der Waals surface area contributed by atoms with Crippen LogP contribution < -0.4 is 0 Å². The Bertz CT molecular complexity index is 792. The van der Waals surface area contributed by atoms with Crippen LogP contribution in [0.25, 0.3) is 0 Å². The standard InChI is InChI=1S/C21H18O2S/c22-19(17-10-5-2-6-11-17)14-18(16-8-3-1-4-9-16)15-20(23)21-12-7-13-24-21/h1-13,18H,14-15H2. The van der Waals surface area contributed by atoms with Crippen LogP contribution in [0.5, 0.6) is 0 Å². The fraction of sp³-hybridized carbons (Fsp3) is 0.143. The first kappa shape index (κ1) is 16.3. The van der Waals surface area contributed by atoms with Crippen molar-refractivity contribution in [2.75, 3.05) is 0 Å². The van der Waals surface area contributed by atoms with Gasteiger partial charge in [-0.3, -0.25) is 9.59 Å². The van der Waals surface area contributed by atoms with Crippen molar-refractivity contribution in [3.63, 3.8) is 0 Å². The largest absolute Gasteiger partial charge is 0.294 e. The molecule has 0 aliphatic carbocycles. The van der Waals surface area contributed by atoms with Crippen molar-refractivity contribution < 1.29 is 9.59 Å². The first-order valence-electron chi connectivity index (χ1n) is 7.94. The Morgan fingerprint density at radius 2 is 1.38 bits per heavy atom. The van der Waals surface area contributed by atoms with E-state index in [0.717, 1.165) is 10.4 Å². The van der Waals surface area contributed by atoms with E-state index in [9.17, 15) is 9.59 Å². The zero-order valence-electron chi connectivity index (χ0n) is 13.2. The van der Waals surface area contributed by atoms with Crippen LogP contribution in [-0.2, 0) is 0 Å². The summed E-state index contributed by atoms with van der Waals surface area (Å²) in [6.45, 7) is 0. The molecule has 3 heteroatoms. The average Bonchev–Trinajstić information content (AvgIpc) is 3.17. The van der Waals surface area contributed by atoms with Crippen molar-refractivity contribution in [2.24, 2.45) is 0 Å². The molecule has 0 aliphatic heterocycles. The molecule has 0 N–H and O–H groups in total. The molecule has 3 rings (SSSR count). The minimum absolute atomic E-state index is 0.0726. The van der Waals surface area contributed by atoms with Gasteiger partial charge in [-0.15, -0.1) is 11.3 Å². The molecule has 0 aliphatic rings. The van der Waals surface area contributed by atoms with Gasteiger partial charge in [-0.1, -0.05) is 66.7 Å². The molecule has 1 aromatic heterocycles. The highest BCUT2D eigenvalue weighted by Crippen LogP contribution is 2.28. The summed E-state index contributed by atoms with van der Waals surface area (Å²) in [6, 6.07) is 22.8. The van der Waals surface area contributed by atoms with Crippen molar-refractivity contribution >= 4 is 22.9 Å². The lowest BCUT2D eigenvalue weighted by molar-refractivity contribution is 0.0946. The number of carbonyl (C=O) groups excluding carboxylic acids is 2. The van der Waals surface area contributed by atoms with E-state index < -0.39 is 0 Å². The Morgan fingerprint density at radius 1 is 0.750 bits per heavy atom. The topological polar surface area (TPSA) is 34.1 Å². The van der Waals surface area contributed by atoms with Gasteiger partial charge in [0, 0.05) is 18.4 Å². The smallest absolute Gasteiger partial charge is 0.173 e. The zero-order valence-corrected chi connectivity index (χ0v) is 14.0. The van der Waals surface area contributed by atoms with Crippen molar-refractivity contribution in [3.8, 4) is 0 Å². The second-order valence-corrected chi connectivity index (χ2v) is 6.65. The molecule has 0 saturated carbocycles. The van der Waals surface area contributed by atoms with E-state index in [1.165, 1.54) is 11.3 Å². The van der Waals surface area contributed by atoms with Gasteiger partial charge in [0.2, 0.25) is 0 Å². The molecule has 0 amide bonds. The summed E-state index contributed by atoms with van der Waals surface area (Å²) in [4.78, 5) is 25.8. The molecule has 1 atom stereocenters. The fourth-order valence-corrected chi connectivity index (χ4v) is 3.44. The van der Waals surface area contributed by atoms with E-state index in [1.807, 2.05) is 78.2 Å². The lowest BCUT2D eigenvalue weighted by Crippen LogP contribution is -2.12. The van der Waals surface area contributed by atoms with Gasteiger partial charge in [-0.05, 0) is 22.9 Å². The predicted octanol–water partition coefficient (Wildman–Crippen LogP) is 5.38. The average molecular weight is 334 g/mol. The summed E-state index contributed by atoms with van der Waals surface area (Å²) in [7, 11) is 0. The number of thiophene rings is 1. The molecular formula is C21H18O2S. The number of benzene rings is 2. The third-order valence-electron chi connectivity index (χ3n) is 4.03. The van der Waals surface area contributed by atoms with Gasteiger partial charge in [0.25, 0.3) is 0 Å². The highest BCUT2D eigenvalue weighted by atomic mass is 32.1. The van der Waals surface area contributed by atoms with E-state index in [2.05, 4.69) is 0 Å². The lowest BCUT2D eigenvalue weighted by Gasteiger charge is -2.16. The van der Waals surface area contributed by atoms with Gasteiger partial charge in [0.1, 0.15) is 0 Å². The van der Waals surface area contributed by atoms with Crippen molar-refractivity contribution in [1.82, 2.24) is 0 Å². The first-order valence-corrected chi connectivity index (χ1v) is 8.82. The predicted molar refractivity (Wildman–Crippen MR) is 97.8 cm³/mol. The molecule has 1 heterocycles. The number of Topliss-reactive ketones (excluding diaryl/α,β-unsaturated/α-hetero) is 2. The van der Waals surface area contributed by atoms with Gasteiger partial charge < -0.3 is 0 Å². The quantitative estimate of drug-likeness (QED) is 0.544. The van der Waals surface area contributed by atoms with Crippen LogP contribution >= 0.6 is 11.3 Å². The maximum Gasteiger partial charge on any atom is 0.173 e. The van der Waals surface area contributed by atoms with Gasteiger partial charge in [-0.25, -0.2) is 0 Å². The van der Waals surface area contributed by atoms with E-state index >= 15 is 0 Å². The molecule has 0 saturated heterocycles. The van der Waals surface area contributed by atoms with E-state index in [1.54, 1.807) is 0 Å². The molecule has 0 bridgehead atoms. The van der Waals surface area contributed by atoms with Crippen LogP contribution in [0.4, 0.5) is 0 Å². The minimum Gasteiger partial charge on any atom is -0.294 e. The second kappa shape index (κ2) is 7.84. The number of ketones is 2. The maximum absolute atomic E-state index is 12.6. The lowest BCUT2D eigenvalue weighted by atomic mass is 9.87. The van der Waals surface area contributed by atoms with Crippen LogP contribution in [0.2, 0.25) is 0 Å². The molecule has 1 unspecified atom stereocenters. The molecule has 2 aromatic carbocycles. The van der Waals surface area contributed by atoms with Gasteiger partial charge in [-0.2, -0.15) is 0 Å². The van der Waals surface area contributed by atoms with Crippen LogP contribution in [0.1, 0.15) is 44.4 Å². The molecular weight excluding hydrogens is 316 g/mol. The highest BCUT2D eigenvalue weighted by molar-refractivity contribution is 7.12. The third-order valence-corrected chi connectivity index (χ3v) is 4.94. The molecule has 3 aromatic rings. The summed E-state index contributed by atoms with van der Waals surface area (Å²) in [6.07, 6.45) is 0.689. The SMILES string of the molecule is O=C(CC(CC(=O)c1cccs1)c1ccccc1)c1ccccc1. The molecule has 0 spiro atoms. The van der Waals surface area contributed by atoms with Gasteiger partial charge in [0.15, 0.2) is 11.6 Å².